The molecule has 0 aliphatic heterocycles. The van der Waals surface area contributed by atoms with Crippen LogP contribution in [0.3, 0.4) is 0 Å². The number of Topliss-reactive ketones (excluding diaryl/α,β-unsaturated/α-hetero) is 2. The van der Waals surface area contributed by atoms with Gasteiger partial charge in [0.1, 0.15) is 17.1 Å². The van der Waals surface area contributed by atoms with Gasteiger partial charge in [0, 0.05) is 17.4 Å². The van der Waals surface area contributed by atoms with Crippen LogP contribution in [0.1, 0.15) is 88.0 Å². The van der Waals surface area contributed by atoms with E-state index in [9.17, 15) is 24.9 Å². The molecule has 0 aromatic rings. The van der Waals surface area contributed by atoms with Crippen molar-refractivity contribution in [1.82, 2.24) is 0 Å². The van der Waals surface area contributed by atoms with Crippen LogP contribution >= 0.6 is 0 Å². The van der Waals surface area contributed by atoms with E-state index >= 15 is 0 Å². The van der Waals surface area contributed by atoms with Crippen LogP contribution in [-0.2, 0) is 9.59 Å². The Morgan fingerprint density at radius 3 is 2.00 bits per heavy atom. The van der Waals surface area contributed by atoms with Crippen LogP contribution in [0.4, 0.5) is 0 Å². The first-order valence-electron chi connectivity index (χ1n) is 12.7. The zero-order chi connectivity index (χ0) is 26.9. The highest BCUT2D eigenvalue weighted by molar-refractivity contribution is 6.24. The van der Waals surface area contributed by atoms with Crippen LogP contribution < -0.4 is 0 Å². The lowest BCUT2D eigenvalue weighted by molar-refractivity contribution is -0.129. The zero-order valence-electron chi connectivity index (χ0n) is 23.0. The third kappa shape index (κ3) is 5.72. The molecular formula is C30H44O5. The summed E-state index contributed by atoms with van der Waals surface area (Å²) in [6, 6.07) is 0. The molecule has 2 rings (SSSR count). The molecule has 0 saturated heterocycles. The van der Waals surface area contributed by atoms with Gasteiger partial charge in [-0.05, 0) is 66.2 Å². The predicted octanol–water partition coefficient (Wildman–Crippen LogP) is 6.86. The normalized spacial score (nSPS) is 24.6. The van der Waals surface area contributed by atoms with Crippen LogP contribution in [0.2, 0.25) is 0 Å². The van der Waals surface area contributed by atoms with Gasteiger partial charge < -0.3 is 15.3 Å². The van der Waals surface area contributed by atoms with Gasteiger partial charge in [-0.15, -0.1) is 0 Å². The van der Waals surface area contributed by atoms with Gasteiger partial charge >= 0.3 is 0 Å². The maximum Gasteiger partial charge on any atom is 0.184 e. The van der Waals surface area contributed by atoms with Crippen molar-refractivity contribution in [2.75, 3.05) is 0 Å². The van der Waals surface area contributed by atoms with Crippen molar-refractivity contribution in [2.45, 2.75) is 93.6 Å². The number of aliphatic hydroxyl groups is 3. The Hall–Kier alpha value is -2.40. The number of carbonyl (C=O) groups is 2. The highest BCUT2D eigenvalue weighted by atomic mass is 16.3. The Balaban J connectivity index is 2.99. The molecule has 0 amide bonds. The highest BCUT2D eigenvalue weighted by Gasteiger charge is 2.53. The average molecular weight is 485 g/mol. The third-order valence-electron chi connectivity index (χ3n) is 7.37. The second-order valence-corrected chi connectivity index (χ2v) is 11.6. The van der Waals surface area contributed by atoms with E-state index in [0.29, 0.717) is 12.8 Å². The third-order valence-corrected chi connectivity index (χ3v) is 7.37. The fourth-order valence-corrected chi connectivity index (χ4v) is 4.89. The van der Waals surface area contributed by atoms with Crippen LogP contribution in [0.5, 0.6) is 0 Å². The number of hydrogen-bond acceptors (Lipinski definition) is 5. The Kier molecular flexibility index (Phi) is 8.81. The summed E-state index contributed by atoms with van der Waals surface area (Å²) in [7, 11) is 0. The molecule has 0 aromatic carbocycles. The van der Waals surface area contributed by atoms with Gasteiger partial charge in [-0.1, -0.05) is 62.6 Å². The summed E-state index contributed by atoms with van der Waals surface area (Å²) in [5.41, 5.74) is 0.203. The zero-order valence-corrected chi connectivity index (χ0v) is 23.0. The fourth-order valence-electron chi connectivity index (χ4n) is 4.89. The molecule has 35 heavy (non-hydrogen) atoms. The van der Waals surface area contributed by atoms with E-state index in [1.165, 1.54) is 0 Å². The van der Waals surface area contributed by atoms with Crippen molar-refractivity contribution in [3.05, 3.63) is 57.6 Å². The summed E-state index contributed by atoms with van der Waals surface area (Å²) in [6.07, 6.45) is 7.21. The lowest BCUT2D eigenvalue weighted by Crippen LogP contribution is -2.46. The maximum absolute atomic E-state index is 14.0. The molecule has 3 N–H and O–H groups in total. The summed E-state index contributed by atoms with van der Waals surface area (Å²) in [4.78, 5) is 27.3. The molecule has 5 nitrogen and oxygen atoms in total. The molecule has 194 valence electrons. The predicted molar refractivity (Wildman–Crippen MR) is 141 cm³/mol. The monoisotopic (exact) mass is 484 g/mol. The number of carbonyl (C=O) groups excluding carboxylic acids is 2. The van der Waals surface area contributed by atoms with Gasteiger partial charge in [-0.3, -0.25) is 9.59 Å². The largest absolute Gasteiger partial charge is 0.511 e. The number of aliphatic hydroxyl groups excluding tert-OH is 2. The fraction of sp³-hybridized carbons (Fsp3) is 0.600. The summed E-state index contributed by atoms with van der Waals surface area (Å²) in [6.45, 7) is 16.9. The van der Waals surface area contributed by atoms with Crippen molar-refractivity contribution < 1.29 is 24.9 Å². The first-order valence-corrected chi connectivity index (χ1v) is 12.7. The molecule has 0 saturated carbocycles. The molecule has 5 heteroatoms. The van der Waals surface area contributed by atoms with Crippen molar-refractivity contribution in [3.63, 3.8) is 0 Å². The van der Waals surface area contributed by atoms with Gasteiger partial charge in [0.05, 0.1) is 11.0 Å². The van der Waals surface area contributed by atoms with Gasteiger partial charge in [-0.25, -0.2) is 0 Å². The minimum atomic E-state index is -1.44. The standard InChI is InChI=1S/C30H44O5/c1-17(2)10-14-30(15-11-18(3)4)27(33)23(26(32)24(28(30)34)25(31)20(7)8)22-16-21(19(5)6)12-13-29(22,9)35/h10-11,16,19-20,22,32-33,35H,12-15H2,1-9H3/t22-,29-/m1/s1. The van der Waals surface area contributed by atoms with Gasteiger partial charge in [0.15, 0.2) is 11.6 Å². The average Bonchev–Trinajstić information content (AvgIpc) is 2.73. The SMILES string of the molecule is CC(C)=CCC1(CC=C(C)C)C(=O)C(C(=O)C(C)C)=C(O)C([C@H]2C=C(C(C)C)CC[C@@]2(C)O)=C1O. The molecule has 2 atom stereocenters. The lowest BCUT2D eigenvalue weighted by atomic mass is 9.62. The first kappa shape index (κ1) is 28.8. The molecule has 2 aliphatic carbocycles. The van der Waals surface area contributed by atoms with Crippen LogP contribution in [0.15, 0.2) is 57.6 Å². The summed E-state index contributed by atoms with van der Waals surface area (Å²) < 4.78 is 0. The van der Waals surface area contributed by atoms with Crippen molar-refractivity contribution in [3.8, 4) is 0 Å². The second kappa shape index (κ2) is 10.7. The Morgan fingerprint density at radius 2 is 1.57 bits per heavy atom. The molecular weight excluding hydrogens is 440 g/mol. The Labute approximate surface area is 211 Å². The van der Waals surface area contributed by atoms with Crippen molar-refractivity contribution >= 4 is 11.6 Å². The number of ketones is 2. The van der Waals surface area contributed by atoms with E-state index in [2.05, 4.69) is 13.8 Å². The number of allylic oxidation sites excluding steroid dienone is 8. The number of hydrogen-bond donors (Lipinski definition) is 3. The molecule has 0 heterocycles. The minimum absolute atomic E-state index is 0.0979. The molecule has 0 bridgehead atoms. The molecule has 0 spiro atoms. The second-order valence-electron chi connectivity index (χ2n) is 11.6. The summed E-state index contributed by atoms with van der Waals surface area (Å²) in [5, 5.41) is 34.7. The molecule has 0 aromatic heterocycles. The van der Waals surface area contributed by atoms with Crippen LogP contribution in [-0.4, -0.2) is 32.5 Å². The summed E-state index contributed by atoms with van der Waals surface area (Å²) in [5.74, 6) is -2.81. The summed E-state index contributed by atoms with van der Waals surface area (Å²) >= 11 is 0. The molecule has 2 aliphatic rings. The van der Waals surface area contributed by atoms with Gasteiger partial charge in [0.2, 0.25) is 0 Å². The van der Waals surface area contributed by atoms with E-state index in [1.807, 2.05) is 45.9 Å². The Bertz CT molecular complexity index is 999. The number of rotatable bonds is 8. The van der Waals surface area contributed by atoms with Gasteiger partial charge in [-0.2, -0.15) is 0 Å². The Morgan fingerprint density at radius 1 is 1.06 bits per heavy atom. The van der Waals surface area contributed by atoms with E-state index in [0.717, 1.165) is 16.7 Å². The van der Waals surface area contributed by atoms with Gasteiger partial charge in [0.25, 0.3) is 0 Å². The molecule has 0 unspecified atom stereocenters. The van der Waals surface area contributed by atoms with E-state index < -0.39 is 40.2 Å². The van der Waals surface area contributed by atoms with E-state index in [1.54, 1.807) is 20.8 Å². The van der Waals surface area contributed by atoms with Crippen molar-refractivity contribution in [1.29, 1.82) is 0 Å². The maximum atomic E-state index is 14.0. The molecule has 0 fully saturated rings. The van der Waals surface area contributed by atoms with E-state index in [4.69, 9.17) is 0 Å². The first-order chi connectivity index (χ1) is 16.1. The van der Waals surface area contributed by atoms with E-state index in [-0.39, 0.29) is 35.7 Å². The lowest BCUT2D eigenvalue weighted by Gasteiger charge is -2.43. The molecule has 0 radical (unpaired) electrons. The van der Waals surface area contributed by atoms with Crippen LogP contribution in [0, 0.1) is 23.2 Å². The smallest absolute Gasteiger partial charge is 0.184 e. The quantitative estimate of drug-likeness (QED) is 0.258. The van der Waals surface area contributed by atoms with Crippen molar-refractivity contribution in [2.24, 2.45) is 23.2 Å². The topological polar surface area (TPSA) is 94.8 Å². The minimum Gasteiger partial charge on any atom is -0.511 e. The van der Waals surface area contributed by atoms with Crippen LogP contribution in [0.25, 0.3) is 0 Å². The highest BCUT2D eigenvalue weighted by Crippen LogP contribution is 2.51.